The van der Waals surface area contributed by atoms with Gasteiger partial charge in [0.2, 0.25) is 5.95 Å². The number of aromatic nitrogens is 2. The topological polar surface area (TPSA) is 90.1 Å². The Hall–Kier alpha value is -1.76. The minimum Gasteiger partial charge on any atom is -0.466 e. The molecule has 0 fully saturated rings. The Morgan fingerprint density at radius 3 is 2.89 bits per heavy atom. The van der Waals surface area contributed by atoms with E-state index in [0.29, 0.717) is 37.6 Å². The van der Waals surface area contributed by atoms with Crippen molar-refractivity contribution >= 4 is 29.1 Å². The SMILES string of the molecule is CCOC(=O)CCCNc1nc(C)cc(C(N)=S)n1. The lowest BCUT2D eigenvalue weighted by atomic mass is 10.3. The minimum atomic E-state index is -0.196. The fraction of sp³-hybridized carbons (Fsp3) is 0.500. The van der Waals surface area contributed by atoms with E-state index in [1.165, 1.54) is 0 Å². The standard InChI is InChI=1S/C12H18N4O2S/c1-3-18-10(17)5-4-6-14-12-15-8(2)7-9(16-12)11(13)19/h7H,3-6H2,1-2H3,(H2,13,19)(H,14,15,16). The molecule has 0 aliphatic rings. The van der Waals surface area contributed by atoms with Crippen LogP contribution in [0.15, 0.2) is 6.07 Å². The number of carbonyl (C=O) groups is 1. The molecule has 0 aliphatic carbocycles. The van der Waals surface area contributed by atoms with Gasteiger partial charge in [-0.15, -0.1) is 0 Å². The molecule has 7 heteroatoms. The van der Waals surface area contributed by atoms with Gasteiger partial charge >= 0.3 is 5.97 Å². The number of anilines is 1. The summed E-state index contributed by atoms with van der Waals surface area (Å²) in [5.41, 5.74) is 6.85. The maximum Gasteiger partial charge on any atom is 0.305 e. The van der Waals surface area contributed by atoms with Crippen LogP contribution >= 0.6 is 12.2 Å². The summed E-state index contributed by atoms with van der Waals surface area (Å²) in [5.74, 6) is 0.268. The van der Waals surface area contributed by atoms with Gasteiger partial charge in [-0.3, -0.25) is 4.79 Å². The first-order valence-electron chi connectivity index (χ1n) is 6.08. The maximum atomic E-state index is 11.1. The van der Waals surface area contributed by atoms with Crippen LogP contribution in [0.3, 0.4) is 0 Å². The summed E-state index contributed by atoms with van der Waals surface area (Å²) in [4.78, 5) is 19.8. The second kappa shape index (κ2) is 7.63. The van der Waals surface area contributed by atoms with Gasteiger partial charge in [-0.05, 0) is 26.3 Å². The maximum absolute atomic E-state index is 11.1. The van der Waals surface area contributed by atoms with E-state index in [1.807, 2.05) is 6.92 Å². The molecule has 0 bridgehead atoms. The van der Waals surface area contributed by atoms with Crippen molar-refractivity contribution in [3.8, 4) is 0 Å². The van der Waals surface area contributed by atoms with Crippen LogP contribution < -0.4 is 11.1 Å². The number of carbonyl (C=O) groups excluding carboxylic acids is 1. The molecular formula is C12H18N4O2S. The molecule has 0 aromatic carbocycles. The second-order valence-electron chi connectivity index (χ2n) is 3.92. The summed E-state index contributed by atoms with van der Waals surface area (Å²) < 4.78 is 4.83. The molecule has 1 heterocycles. The third kappa shape index (κ3) is 5.60. The zero-order chi connectivity index (χ0) is 14.3. The smallest absolute Gasteiger partial charge is 0.305 e. The highest BCUT2D eigenvalue weighted by Gasteiger charge is 2.05. The number of aryl methyl sites for hydroxylation is 1. The lowest BCUT2D eigenvalue weighted by Gasteiger charge is -2.07. The average Bonchev–Trinajstić information content (AvgIpc) is 2.34. The molecule has 6 nitrogen and oxygen atoms in total. The lowest BCUT2D eigenvalue weighted by Crippen LogP contribution is -2.15. The van der Waals surface area contributed by atoms with Crippen molar-refractivity contribution in [2.45, 2.75) is 26.7 Å². The van der Waals surface area contributed by atoms with Crippen molar-refractivity contribution in [2.24, 2.45) is 5.73 Å². The van der Waals surface area contributed by atoms with Gasteiger partial charge in [-0.25, -0.2) is 9.97 Å². The van der Waals surface area contributed by atoms with Gasteiger partial charge in [0.1, 0.15) is 10.7 Å². The van der Waals surface area contributed by atoms with Gasteiger partial charge in [0.25, 0.3) is 0 Å². The fourth-order valence-corrected chi connectivity index (χ4v) is 1.54. The number of nitrogens with one attached hydrogen (secondary N) is 1. The van der Waals surface area contributed by atoms with Crippen LogP contribution in [-0.4, -0.2) is 34.1 Å². The molecular weight excluding hydrogens is 264 g/mol. The number of esters is 1. The van der Waals surface area contributed by atoms with E-state index in [2.05, 4.69) is 15.3 Å². The molecule has 0 atom stereocenters. The summed E-state index contributed by atoms with van der Waals surface area (Å²) in [6.45, 7) is 4.62. The molecule has 19 heavy (non-hydrogen) atoms. The van der Waals surface area contributed by atoms with Crippen molar-refractivity contribution < 1.29 is 9.53 Å². The minimum absolute atomic E-state index is 0.196. The van der Waals surface area contributed by atoms with Crippen LogP contribution in [0, 0.1) is 6.92 Å². The molecule has 1 rings (SSSR count). The summed E-state index contributed by atoms with van der Waals surface area (Å²) in [6.07, 6.45) is 1.02. The van der Waals surface area contributed by atoms with E-state index in [-0.39, 0.29) is 11.0 Å². The Balaban J connectivity index is 2.45. The molecule has 104 valence electrons. The molecule has 0 amide bonds. The molecule has 3 N–H and O–H groups in total. The van der Waals surface area contributed by atoms with Crippen LogP contribution in [-0.2, 0) is 9.53 Å². The van der Waals surface area contributed by atoms with E-state index >= 15 is 0 Å². The Kier molecular flexibility index (Phi) is 6.14. The number of nitrogens with two attached hydrogens (primary N) is 1. The van der Waals surface area contributed by atoms with Crippen LogP contribution in [0.2, 0.25) is 0 Å². The Morgan fingerprint density at radius 1 is 1.53 bits per heavy atom. The van der Waals surface area contributed by atoms with Gasteiger partial charge in [-0.2, -0.15) is 0 Å². The number of rotatable bonds is 7. The van der Waals surface area contributed by atoms with E-state index < -0.39 is 0 Å². The number of nitrogens with zero attached hydrogens (tertiary/aromatic N) is 2. The second-order valence-corrected chi connectivity index (χ2v) is 4.36. The Bertz CT molecular complexity index is 465. The normalized spacial score (nSPS) is 10.0. The molecule has 0 radical (unpaired) electrons. The predicted molar refractivity (Wildman–Crippen MR) is 77.0 cm³/mol. The lowest BCUT2D eigenvalue weighted by molar-refractivity contribution is -0.143. The zero-order valence-corrected chi connectivity index (χ0v) is 11.9. The van der Waals surface area contributed by atoms with Crippen molar-refractivity contribution in [3.05, 3.63) is 17.5 Å². The summed E-state index contributed by atoms with van der Waals surface area (Å²) in [5, 5.41) is 3.03. The van der Waals surface area contributed by atoms with Crippen molar-refractivity contribution in [1.29, 1.82) is 0 Å². The molecule has 0 saturated carbocycles. The zero-order valence-electron chi connectivity index (χ0n) is 11.1. The highest BCUT2D eigenvalue weighted by atomic mass is 32.1. The predicted octanol–water partition coefficient (Wildman–Crippen LogP) is 1.17. The molecule has 0 saturated heterocycles. The number of thiocarbonyl (C=S) groups is 1. The van der Waals surface area contributed by atoms with Crippen LogP contribution in [0.5, 0.6) is 0 Å². The highest BCUT2D eigenvalue weighted by molar-refractivity contribution is 7.80. The van der Waals surface area contributed by atoms with Crippen LogP contribution in [0.4, 0.5) is 5.95 Å². The van der Waals surface area contributed by atoms with Crippen molar-refractivity contribution in [3.63, 3.8) is 0 Å². The van der Waals surface area contributed by atoms with Crippen LogP contribution in [0.1, 0.15) is 31.2 Å². The molecule has 0 unspecified atom stereocenters. The molecule has 0 aliphatic heterocycles. The van der Waals surface area contributed by atoms with E-state index in [4.69, 9.17) is 22.7 Å². The quantitative estimate of drug-likeness (QED) is 0.441. The van der Waals surface area contributed by atoms with E-state index in [1.54, 1.807) is 13.0 Å². The fourth-order valence-electron chi connectivity index (χ4n) is 1.44. The average molecular weight is 282 g/mol. The number of hydrogen-bond acceptors (Lipinski definition) is 6. The van der Waals surface area contributed by atoms with Gasteiger partial charge in [-0.1, -0.05) is 12.2 Å². The van der Waals surface area contributed by atoms with Crippen molar-refractivity contribution in [1.82, 2.24) is 9.97 Å². The van der Waals surface area contributed by atoms with E-state index in [0.717, 1.165) is 5.69 Å². The highest BCUT2D eigenvalue weighted by Crippen LogP contribution is 2.05. The third-order valence-electron chi connectivity index (χ3n) is 2.25. The first kappa shape index (κ1) is 15.3. The molecule has 1 aromatic heterocycles. The van der Waals surface area contributed by atoms with Gasteiger partial charge in [0.15, 0.2) is 0 Å². The van der Waals surface area contributed by atoms with Gasteiger partial charge < -0.3 is 15.8 Å². The monoisotopic (exact) mass is 282 g/mol. The number of hydrogen-bond donors (Lipinski definition) is 2. The Labute approximate surface area is 117 Å². The molecule has 0 spiro atoms. The first-order chi connectivity index (χ1) is 9.02. The largest absolute Gasteiger partial charge is 0.466 e. The summed E-state index contributed by atoms with van der Waals surface area (Å²) >= 11 is 4.88. The third-order valence-corrected chi connectivity index (χ3v) is 2.46. The number of ether oxygens (including phenoxy) is 1. The van der Waals surface area contributed by atoms with Gasteiger partial charge in [0, 0.05) is 18.7 Å². The Morgan fingerprint density at radius 2 is 2.26 bits per heavy atom. The first-order valence-corrected chi connectivity index (χ1v) is 6.48. The molecule has 1 aromatic rings. The summed E-state index contributed by atoms with van der Waals surface area (Å²) in [7, 11) is 0. The van der Waals surface area contributed by atoms with Crippen LogP contribution in [0.25, 0.3) is 0 Å². The van der Waals surface area contributed by atoms with Gasteiger partial charge in [0.05, 0.1) is 6.61 Å². The van der Waals surface area contributed by atoms with E-state index in [9.17, 15) is 4.79 Å². The summed E-state index contributed by atoms with van der Waals surface area (Å²) in [6, 6.07) is 1.73. The van der Waals surface area contributed by atoms with Crippen molar-refractivity contribution in [2.75, 3.05) is 18.5 Å².